The third kappa shape index (κ3) is 4.06. The molecule has 0 bridgehead atoms. The largest absolute Gasteiger partial charge is 0.396 e. The Morgan fingerprint density at radius 3 is 2.62 bits per heavy atom. The topological polar surface area (TPSA) is 23.5 Å². The van der Waals surface area contributed by atoms with Gasteiger partial charge in [-0.3, -0.25) is 0 Å². The van der Waals surface area contributed by atoms with Crippen molar-refractivity contribution in [2.24, 2.45) is 5.41 Å². The Morgan fingerprint density at radius 1 is 1.19 bits per heavy atom. The van der Waals surface area contributed by atoms with Gasteiger partial charge in [-0.15, -0.1) is 0 Å². The van der Waals surface area contributed by atoms with Crippen molar-refractivity contribution in [2.45, 2.75) is 64.8 Å². The molecule has 0 aromatic carbocycles. The third-order valence-corrected chi connectivity index (χ3v) is 4.15. The van der Waals surface area contributed by atoms with Gasteiger partial charge in [0.05, 0.1) is 0 Å². The Hall–Kier alpha value is -0.0800. The molecule has 96 valence electrons. The minimum Gasteiger partial charge on any atom is -0.396 e. The number of nitrogens with zero attached hydrogens (tertiary/aromatic N) is 1. The van der Waals surface area contributed by atoms with Crippen molar-refractivity contribution in [1.82, 2.24) is 4.90 Å². The van der Waals surface area contributed by atoms with Gasteiger partial charge < -0.3 is 10.0 Å². The van der Waals surface area contributed by atoms with E-state index in [2.05, 4.69) is 25.8 Å². The van der Waals surface area contributed by atoms with E-state index in [0.717, 1.165) is 25.4 Å². The molecule has 0 aromatic rings. The first-order valence-corrected chi connectivity index (χ1v) is 6.89. The summed E-state index contributed by atoms with van der Waals surface area (Å²) in [4.78, 5) is 2.53. The SMILES string of the molecule is CN(CCCCO)C1CCCCCC1(C)C. The van der Waals surface area contributed by atoms with Gasteiger partial charge in [-0.25, -0.2) is 0 Å². The molecule has 1 aliphatic carbocycles. The Balaban J connectivity index is 2.46. The molecule has 16 heavy (non-hydrogen) atoms. The lowest BCUT2D eigenvalue weighted by atomic mass is 9.79. The van der Waals surface area contributed by atoms with E-state index >= 15 is 0 Å². The second kappa shape index (κ2) is 6.61. The summed E-state index contributed by atoms with van der Waals surface area (Å²) < 4.78 is 0. The van der Waals surface area contributed by atoms with Crippen LogP contribution in [-0.4, -0.2) is 36.2 Å². The van der Waals surface area contributed by atoms with Crippen molar-refractivity contribution in [2.75, 3.05) is 20.2 Å². The molecule has 0 aromatic heterocycles. The molecule has 2 heteroatoms. The fourth-order valence-corrected chi connectivity index (χ4v) is 3.10. The van der Waals surface area contributed by atoms with Crippen molar-refractivity contribution in [3.63, 3.8) is 0 Å². The molecule has 0 spiro atoms. The second-order valence-electron chi connectivity index (χ2n) is 6.02. The summed E-state index contributed by atoms with van der Waals surface area (Å²) in [5, 5.41) is 8.82. The van der Waals surface area contributed by atoms with Gasteiger partial charge in [0.1, 0.15) is 0 Å². The molecule has 1 atom stereocenters. The summed E-state index contributed by atoms with van der Waals surface area (Å²) >= 11 is 0. The van der Waals surface area contributed by atoms with Gasteiger partial charge in [0, 0.05) is 12.6 Å². The minimum absolute atomic E-state index is 0.335. The average molecular weight is 227 g/mol. The Labute approximate surface area is 101 Å². The van der Waals surface area contributed by atoms with Gasteiger partial charge in [-0.05, 0) is 44.7 Å². The van der Waals surface area contributed by atoms with E-state index in [9.17, 15) is 0 Å². The second-order valence-corrected chi connectivity index (χ2v) is 6.02. The van der Waals surface area contributed by atoms with Gasteiger partial charge in [0.15, 0.2) is 0 Å². The normalized spacial score (nSPS) is 25.7. The van der Waals surface area contributed by atoms with Crippen LogP contribution < -0.4 is 0 Å². The lowest BCUT2D eigenvalue weighted by Crippen LogP contribution is -2.43. The number of hydrogen-bond acceptors (Lipinski definition) is 2. The molecule has 0 saturated heterocycles. The smallest absolute Gasteiger partial charge is 0.0431 e. The highest BCUT2D eigenvalue weighted by molar-refractivity contribution is 4.87. The molecule has 0 amide bonds. The van der Waals surface area contributed by atoms with Crippen LogP contribution in [0.3, 0.4) is 0 Å². The maximum Gasteiger partial charge on any atom is 0.0431 e. The first-order valence-electron chi connectivity index (χ1n) is 6.89. The molecule has 1 aliphatic rings. The highest BCUT2D eigenvalue weighted by atomic mass is 16.2. The fraction of sp³-hybridized carbons (Fsp3) is 1.00. The molecule has 1 saturated carbocycles. The van der Waals surface area contributed by atoms with Crippen LogP contribution in [0.4, 0.5) is 0 Å². The number of unbranched alkanes of at least 4 members (excludes halogenated alkanes) is 1. The molecule has 1 fully saturated rings. The van der Waals surface area contributed by atoms with Crippen LogP contribution in [0.5, 0.6) is 0 Å². The Kier molecular flexibility index (Phi) is 5.77. The van der Waals surface area contributed by atoms with E-state index in [1.165, 1.54) is 32.1 Å². The maximum atomic E-state index is 8.82. The summed E-state index contributed by atoms with van der Waals surface area (Å²) in [5.41, 5.74) is 0.463. The lowest BCUT2D eigenvalue weighted by molar-refractivity contribution is 0.100. The van der Waals surface area contributed by atoms with E-state index in [4.69, 9.17) is 5.11 Å². The van der Waals surface area contributed by atoms with Crippen molar-refractivity contribution in [1.29, 1.82) is 0 Å². The summed E-state index contributed by atoms with van der Waals surface area (Å²) in [6.45, 7) is 6.31. The molecule has 0 aliphatic heterocycles. The average Bonchev–Trinajstić information content (AvgIpc) is 2.39. The molecule has 1 rings (SSSR count). The standard InChI is InChI=1S/C14H29NO/c1-14(2)10-6-4-5-9-13(14)15(3)11-7-8-12-16/h13,16H,4-12H2,1-3H3. The summed E-state index contributed by atoms with van der Waals surface area (Å²) in [6, 6.07) is 0.730. The number of hydrogen-bond donors (Lipinski definition) is 1. The van der Waals surface area contributed by atoms with Crippen LogP contribution in [0.2, 0.25) is 0 Å². The third-order valence-electron chi connectivity index (χ3n) is 4.15. The van der Waals surface area contributed by atoms with Gasteiger partial charge in [0.2, 0.25) is 0 Å². The number of aliphatic hydroxyl groups excluding tert-OH is 1. The summed E-state index contributed by atoms with van der Waals surface area (Å²) in [7, 11) is 2.26. The number of rotatable bonds is 5. The monoisotopic (exact) mass is 227 g/mol. The molecular weight excluding hydrogens is 198 g/mol. The van der Waals surface area contributed by atoms with E-state index in [0.29, 0.717) is 12.0 Å². The lowest BCUT2D eigenvalue weighted by Gasteiger charge is -2.39. The highest BCUT2D eigenvalue weighted by Gasteiger charge is 2.32. The fourth-order valence-electron chi connectivity index (χ4n) is 3.10. The quantitative estimate of drug-likeness (QED) is 0.576. The van der Waals surface area contributed by atoms with Crippen molar-refractivity contribution < 1.29 is 5.11 Å². The molecule has 1 unspecified atom stereocenters. The maximum absolute atomic E-state index is 8.82. The Morgan fingerprint density at radius 2 is 1.94 bits per heavy atom. The van der Waals surface area contributed by atoms with Crippen LogP contribution >= 0.6 is 0 Å². The Bertz CT molecular complexity index is 191. The zero-order valence-electron chi connectivity index (χ0n) is 11.3. The predicted octanol–water partition coefficient (Wildman–Crippen LogP) is 3.05. The zero-order chi connectivity index (χ0) is 12.0. The van der Waals surface area contributed by atoms with E-state index in [1.54, 1.807) is 0 Å². The molecule has 0 radical (unpaired) electrons. The van der Waals surface area contributed by atoms with Crippen LogP contribution in [0, 0.1) is 5.41 Å². The minimum atomic E-state index is 0.335. The van der Waals surface area contributed by atoms with Crippen molar-refractivity contribution in [3.8, 4) is 0 Å². The molecular formula is C14H29NO. The summed E-state index contributed by atoms with van der Waals surface area (Å²) in [5.74, 6) is 0. The van der Waals surface area contributed by atoms with Crippen LogP contribution in [0.15, 0.2) is 0 Å². The number of aliphatic hydroxyl groups is 1. The van der Waals surface area contributed by atoms with Crippen LogP contribution in [0.25, 0.3) is 0 Å². The van der Waals surface area contributed by atoms with Gasteiger partial charge in [-0.1, -0.05) is 33.1 Å². The van der Waals surface area contributed by atoms with Gasteiger partial charge >= 0.3 is 0 Å². The van der Waals surface area contributed by atoms with Crippen LogP contribution in [0.1, 0.15) is 58.8 Å². The highest BCUT2D eigenvalue weighted by Crippen LogP contribution is 2.36. The predicted molar refractivity (Wildman–Crippen MR) is 69.6 cm³/mol. The first-order chi connectivity index (χ1) is 7.58. The van der Waals surface area contributed by atoms with Crippen molar-refractivity contribution in [3.05, 3.63) is 0 Å². The first kappa shape index (κ1) is 14.0. The van der Waals surface area contributed by atoms with Crippen LogP contribution in [-0.2, 0) is 0 Å². The molecule has 1 N–H and O–H groups in total. The van der Waals surface area contributed by atoms with E-state index in [-0.39, 0.29) is 0 Å². The van der Waals surface area contributed by atoms with Gasteiger partial charge in [0.25, 0.3) is 0 Å². The van der Waals surface area contributed by atoms with Crippen molar-refractivity contribution >= 4 is 0 Å². The van der Waals surface area contributed by atoms with E-state index < -0.39 is 0 Å². The van der Waals surface area contributed by atoms with Gasteiger partial charge in [-0.2, -0.15) is 0 Å². The molecule has 0 heterocycles. The zero-order valence-corrected chi connectivity index (χ0v) is 11.3. The molecule has 2 nitrogen and oxygen atoms in total. The summed E-state index contributed by atoms with van der Waals surface area (Å²) in [6.07, 6.45) is 8.97. The van der Waals surface area contributed by atoms with E-state index in [1.807, 2.05) is 0 Å².